The summed E-state index contributed by atoms with van der Waals surface area (Å²) in [6.07, 6.45) is 7.98. The molecule has 4 rings (SSSR count). The number of hydrogen-bond acceptors (Lipinski definition) is 4. The van der Waals surface area contributed by atoms with Crippen molar-refractivity contribution in [1.82, 2.24) is 19.9 Å². The summed E-state index contributed by atoms with van der Waals surface area (Å²) >= 11 is 0. The van der Waals surface area contributed by atoms with Crippen molar-refractivity contribution >= 4 is 11.6 Å². The van der Waals surface area contributed by atoms with E-state index in [9.17, 15) is 4.79 Å². The summed E-state index contributed by atoms with van der Waals surface area (Å²) in [5.74, 6) is -0.155. The van der Waals surface area contributed by atoms with Crippen LogP contribution in [0.25, 0.3) is 11.3 Å². The van der Waals surface area contributed by atoms with E-state index in [1.807, 2.05) is 32.2 Å². The molecule has 25 heavy (non-hydrogen) atoms. The van der Waals surface area contributed by atoms with E-state index in [1.54, 1.807) is 6.20 Å². The van der Waals surface area contributed by atoms with Crippen molar-refractivity contribution in [2.45, 2.75) is 33.1 Å². The van der Waals surface area contributed by atoms with Crippen LogP contribution in [0.15, 0.2) is 30.9 Å². The predicted octanol–water partition coefficient (Wildman–Crippen LogP) is 3.22. The molecule has 1 aliphatic rings. The topological polar surface area (TPSA) is 83.6 Å². The summed E-state index contributed by atoms with van der Waals surface area (Å²) in [6.45, 7) is 3.82. The molecule has 1 amide bonds. The van der Waals surface area contributed by atoms with Crippen LogP contribution < -0.4 is 5.32 Å². The fourth-order valence-electron chi connectivity index (χ4n) is 3.34. The van der Waals surface area contributed by atoms with Gasteiger partial charge in [0.2, 0.25) is 0 Å². The summed E-state index contributed by atoms with van der Waals surface area (Å²) in [7, 11) is 0. The summed E-state index contributed by atoms with van der Waals surface area (Å²) in [4.78, 5) is 29.1. The molecule has 6 nitrogen and oxygen atoms in total. The third-order valence-corrected chi connectivity index (χ3v) is 4.58. The molecule has 0 saturated heterocycles. The average molecular weight is 333 g/mol. The van der Waals surface area contributed by atoms with E-state index in [2.05, 4.69) is 25.3 Å². The Bertz CT molecular complexity index is 960. The molecule has 0 saturated carbocycles. The summed E-state index contributed by atoms with van der Waals surface area (Å²) < 4.78 is 0. The van der Waals surface area contributed by atoms with Crippen LogP contribution in [-0.2, 0) is 12.8 Å². The number of aromatic nitrogens is 4. The minimum atomic E-state index is -0.155. The van der Waals surface area contributed by atoms with Gasteiger partial charge in [-0.2, -0.15) is 0 Å². The summed E-state index contributed by atoms with van der Waals surface area (Å²) in [5, 5.41) is 2.98. The average Bonchev–Trinajstić information content (AvgIpc) is 2.93. The van der Waals surface area contributed by atoms with Gasteiger partial charge in [0.15, 0.2) is 0 Å². The van der Waals surface area contributed by atoms with Crippen LogP contribution in [0.1, 0.15) is 39.4 Å². The van der Waals surface area contributed by atoms with E-state index in [1.165, 1.54) is 6.33 Å². The first-order valence-electron chi connectivity index (χ1n) is 8.38. The van der Waals surface area contributed by atoms with Gasteiger partial charge in [-0.15, -0.1) is 0 Å². The van der Waals surface area contributed by atoms with Gasteiger partial charge in [-0.25, -0.2) is 9.97 Å². The number of anilines is 1. The van der Waals surface area contributed by atoms with Crippen molar-refractivity contribution in [3.05, 3.63) is 59.1 Å². The van der Waals surface area contributed by atoms with E-state index < -0.39 is 0 Å². The highest BCUT2D eigenvalue weighted by atomic mass is 16.1. The molecule has 0 radical (unpaired) electrons. The zero-order chi connectivity index (χ0) is 17.4. The Balaban J connectivity index is 1.74. The number of fused-ring (bicyclic) bond motifs is 3. The molecule has 3 aromatic heterocycles. The van der Waals surface area contributed by atoms with E-state index in [0.29, 0.717) is 5.56 Å². The number of aryl methyl sites for hydroxylation is 4. The molecule has 6 heteroatoms. The van der Waals surface area contributed by atoms with Gasteiger partial charge in [-0.05, 0) is 50.8 Å². The molecule has 0 unspecified atom stereocenters. The number of rotatable bonds is 2. The van der Waals surface area contributed by atoms with Crippen LogP contribution in [0, 0.1) is 13.8 Å². The van der Waals surface area contributed by atoms with Gasteiger partial charge in [0.05, 0.1) is 22.6 Å². The lowest BCUT2D eigenvalue weighted by atomic mass is 10.0. The first kappa shape index (κ1) is 15.5. The Labute approximate surface area is 145 Å². The molecule has 0 spiro atoms. The first-order valence-corrected chi connectivity index (χ1v) is 8.38. The molecule has 0 aliphatic heterocycles. The number of aromatic amines is 1. The highest BCUT2D eigenvalue weighted by molar-refractivity contribution is 6.09. The van der Waals surface area contributed by atoms with Crippen molar-refractivity contribution < 1.29 is 4.79 Å². The van der Waals surface area contributed by atoms with Crippen molar-refractivity contribution in [3.63, 3.8) is 0 Å². The maximum Gasteiger partial charge on any atom is 0.257 e. The van der Waals surface area contributed by atoms with Crippen LogP contribution in [0.2, 0.25) is 0 Å². The Kier molecular flexibility index (Phi) is 3.80. The van der Waals surface area contributed by atoms with E-state index in [-0.39, 0.29) is 5.91 Å². The van der Waals surface area contributed by atoms with Crippen molar-refractivity contribution in [2.75, 3.05) is 5.32 Å². The molecule has 3 aromatic rings. The van der Waals surface area contributed by atoms with Crippen LogP contribution in [0.3, 0.4) is 0 Å². The second-order valence-corrected chi connectivity index (χ2v) is 6.35. The van der Waals surface area contributed by atoms with Crippen molar-refractivity contribution in [3.8, 4) is 11.3 Å². The molecule has 126 valence electrons. The number of pyridine rings is 1. The number of nitrogens with zero attached hydrogens (tertiary/aromatic N) is 3. The highest BCUT2D eigenvalue weighted by Crippen LogP contribution is 2.33. The number of carbonyl (C=O) groups excluding carboxylic acids is 1. The Morgan fingerprint density at radius 2 is 2.12 bits per heavy atom. The highest BCUT2D eigenvalue weighted by Gasteiger charge is 2.24. The number of hydrogen-bond donors (Lipinski definition) is 2. The van der Waals surface area contributed by atoms with Crippen LogP contribution >= 0.6 is 0 Å². The normalized spacial score (nSPS) is 12.9. The SMILES string of the molecule is Cc1ccc(NC(=O)c2c[nH]c3c2-c2ncncc2CCC3)c(C)n1. The van der Waals surface area contributed by atoms with E-state index >= 15 is 0 Å². The molecule has 0 atom stereocenters. The third-order valence-electron chi connectivity index (χ3n) is 4.58. The fraction of sp³-hybridized carbons (Fsp3) is 0.263. The minimum absolute atomic E-state index is 0.155. The van der Waals surface area contributed by atoms with Gasteiger partial charge in [-0.1, -0.05) is 0 Å². The molecular formula is C19H19N5O. The van der Waals surface area contributed by atoms with Crippen LogP contribution in [0.4, 0.5) is 5.69 Å². The Morgan fingerprint density at radius 1 is 1.24 bits per heavy atom. The number of amides is 1. The van der Waals surface area contributed by atoms with Gasteiger partial charge in [0.25, 0.3) is 5.91 Å². The zero-order valence-corrected chi connectivity index (χ0v) is 14.3. The molecular weight excluding hydrogens is 314 g/mol. The minimum Gasteiger partial charge on any atom is -0.364 e. The number of carbonyl (C=O) groups is 1. The van der Waals surface area contributed by atoms with E-state index in [0.717, 1.165) is 58.9 Å². The zero-order valence-electron chi connectivity index (χ0n) is 14.3. The third kappa shape index (κ3) is 2.80. The fourth-order valence-corrected chi connectivity index (χ4v) is 3.34. The first-order chi connectivity index (χ1) is 12.1. The number of H-pyrrole nitrogens is 1. The molecule has 2 N–H and O–H groups in total. The standard InChI is InChI=1S/C19H19N5O/c1-11-6-7-15(12(2)23-11)24-19(25)14-9-21-16-5-3-4-13-8-20-10-22-18(13)17(14)16/h6-10,21H,3-5H2,1-2H3,(H,24,25). The maximum atomic E-state index is 12.9. The van der Waals surface area contributed by atoms with Crippen molar-refractivity contribution in [2.24, 2.45) is 0 Å². The van der Waals surface area contributed by atoms with Gasteiger partial charge in [0.1, 0.15) is 6.33 Å². The Hall–Kier alpha value is -3.02. The Morgan fingerprint density at radius 3 is 2.96 bits per heavy atom. The van der Waals surface area contributed by atoms with E-state index in [4.69, 9.17) is 0 Å². The number of nitrogens with one attached hydrogen (secondary N) is 2. The molecule has 1 aliphatic carbocycles. The molecule has 0 aromatic carbocycles. The lowest BCUT2D eigenvalue weighted by molar-refractivity contribution is 0.102. The molecule has 0 fully saturated rings. The monoisotopic (exact) mass is 333 g/mol. The summed E-state index contributed by atoms with van der Waals surface area (Å²) in [6, 6.07) is 3.78. The smallest absolute Gasteiger partial charge is 0.257 e. The van der Waals surface area contributed by atoms with Gasteiger partial charge >= 0.3 is 0 Å². The quantitative estimate of drug-likeness (QED) is 0.754. The van der Waals surface area contributed by atoms with Crippen molar-refractivity contribution in [1.29, 1.82) is 0 Å². The van der Waals surface area contributed by atoms with Gasteiger partial charge in [-0.3, -0.25) is 9.78 Å². The largest absolute Gasteiger partial charge is 0.364 e. The molecule has 0 bridgehead atoms. The maximum absolute atomic E-state index is 12.9. The van der Waals surface area contributed by atoms with Crippen LogP contribution in [-0.4, -0.2) is 25.8 Å². The second-order valence-electron chi connectivity index (χ2n) is 6.35. The second kappa shape index (κ2) is 6.12. The lowest BCUT2D eigenvalue weighted by Gasteiger charge is -2.10. The molecule has 3 heterocycles. The van der Waals surface area contributed by atoms with Gasteiger partial charge in [0, 0.05) is 29.3 Å². The summed E-state index contributed by atoms with van der Waals surface area (Å²) in [5.41, 5.74) is 6.95. The lowest BCUT2D eigenvalue weighted by Crippen LogP contribution is -2.14. The predicted molar refractivity (Wildman–Crippen MR) is 95.5 cm³/mol. The van der Waals surface area contributed by atoms with Gasteiger partial charge < -0.3 is 10.3 Å². The van der Waals surface area contributed by atoms with Crippen LogP contribution in [0.5, 0.6) is 0 Å².